The van der Waals surface area contributed by atoms with Gasteiger partial charge in [0.15, 0.2) is 12.1 Å². The maximum atomic E-state index is 14.6. The maximum absolute atomic E-state index is 14.6. The Morgan fingerprint density at radius 3 is 2.36 bits per heavy atom. The molecule has 1 rings (SSSR count). The van der Waals surface area contributed by atoms with Crippen molar-refractivity contribution < 1.29 is 43.5 Å². The van der Waals surface area contributed by atoms with E-state index < -0.39 is 66.9 Å². The van der Waals surface area contributed by atoms with Gasteiger partial charge < -0.3 is 41.9 Å². The second-order valence-electron chi connectivity index (χ2n) is 5.45. The predicted molar refractivity (Wildman–Crippen MR) is 77.5 cm³/mol. The van der Waals surface area contributed by atoms with Gasteiger partial charge in [0.05, 0.1) is 12.6 Å². The molecule has 0 aromatic carbocycles. The summed E-state index contributed by atoms with van der Waals surface area (Å²) in [7, 11) is 0. The van der Waals surface area contributed by atoms with E-state index in [0.29, 0.717) is 0 Å². The fraction of sp³-hybridized carbons (Fsp3) is 0.750. The maximum Gasteiger partial charge on any atom is 0.372 e. The summed E-state index contributed by atoms with van der Waals surface area (Å²) in [6.07, 6.45) is -8.96. The molecule has 9 N–H and O–H groups in total. The number of aliphatic imine (C=N–C) groups is 1. The van der Waals surface area contributed by atoms with Gasteiger partial charge in [-0.3, -0.25) is 4.79 Å². The first-order chi connectivity index (χ1) is 11.5. The monoisotopic (exact) mass is 370 g/mol. The summed E-state index contributed by atoms with van der Waals surface area (Å²) in [5.41, 5.74) is 10.3. The number of rotatable bonds is 6. The summed E-state index contributed by atoms with van der Waals surface area (Å²) >= 11 is 0. The van der Waals surface area contributed by atoms with Crippen LogP contribution in [-0.4, -0.2) is 87.3 Å². The highest BCUT2D eigenvalue weighted by Crippen LogP contribution is 2.37. The zero-order valence-electron chi connectivity index (χ0n) is 13.0. The summed E-state index contributed by atoms with van der Waals surface area (Å²) in [6.45, 7) is -0.00752. The lowest BCUT2D eigenvalue weighted by Gasteiger charge is -2.45. The van der Waals surface area contributed by atoms with Gasteiger partial charge in [-0.2, -0.15) is 4.39 Å². The molecule has 0 radical (unpaired) electrons. The molecule has 1 heterocycles. The van der Waals surface area contributed by atoms with Gasteiger partial charge in [-0.05, 0) is 0 Å². The van der Waals surface area contributed by atoms with Crippen LogP contribution >= 0.6 is 0 Å². The van der Waals surface area contributed by atoms with Crippen LogP contribution in [0.1, 0.15) is 6.92 Å². The molecule has 144 valence electrons. The van der Waals surface area contributed by atoms with E-state index in [1.165, 1.54) is 0 Å². The molecule has 11 nitrogen and oxygen atoms in total. The van der Waals surface area contributed by atoms with Crippen LogP contribution in [0.25, 0.3) is 0 Å². The first-order valence-electron chi connectivity index (χ1n) is 7.02. The molecule has 1 amide bonds. The fourth-order valence-corrected chi connectivity index (χ4v) is 2.43. The molecule has 13 heteroatoms. The van der Waals surface area contributed by atoms with Crippen LogP contribution in [0.3, 0.4) is 0 Å². The molecule has 0 aromatic rings. The van der Waals surface area contributed by atoms with Crippen LogP contribution in [0, 0.1) is 0 Å². The van der Waals surface area contributed by atoms with E-state index in [4.69, 9.17) is 21.7 Å². The van der Waals surface area contributed by atoms with Crippen molar-refractivity contribution >= 4 is 17.8 Å². The smallest absolute Gasteiger partial charge is 0.372 e. The molecule has 0 saturated carbocycles. The molecule has 25 heavy (non-hydrogen) atoms. The summed E-state index contributed by atoms with van der Waals surface area (Å²) in [6, 6.07) is -3.64. The Hall–Kier alpha value is -2.09. The van der Waals surface area contributed by atoms with Crippen LogP contribution in [0.4, 0.5) is 8.78 Å². The molecule has 0 bridgehead atoms. The van der Waals surface area contributed by atoms with Crippen LogP contribution in [0.2, 0.25) is 0 Å². The van der Waals surface area contributed by atoms with Crippen molar-refractivity contribution in [1.82, 2.24) is 5.32 Å². The molecule has 5 unspecified atom stereocenters. The lowest BCUT2D eigenvalue weighted by Crippen LogP contribution is -2.71. The third-order valence-corrected chi connectivity index (χ3v) is 3.56. The van der Waals surface area contributed by atoms with Crippen molar-refractivity contribution in [3.63, 3.8) is 0 Å². The number of hydrogen-bond donors (Lipinski definition) is 7. The predicted octanol–water partition coefficient (Wildman–Crippen LogP) is -3.67. The Morgan fingerprint density at radius 2 is 1.96 bits per heavy atom. The highest BCUT2D eigenvalue weighted by atomic mass is 19.2. The Morgan fingerprint density at radius 1 is 1.40 bits per heavy atom. The average molecular weight is 370 g/mol. The Kier molecular flexibility index (Phi) is 6.59. The second-order valence-corrected chi connectivity index (χ2v) is 5.45. The number of aliphatic carboxylic acids is 1. The molecule has 0 aromatic heterocycles. The van der Waals surface area contributed by atoms with Crippen LogP contribution in [0.15, 0.2) is 4.99 Å². The molecule has 0 aliphatic carbocycles. The molecule has 0 spiro atoms. The highest BCUT2D eigenvalue weighted by molar-refractivity contribution is 5.79. The number of nitrogens with zero attached hydrogens (tertiary/aromatic N) is 1. The van der Waals surface area contributed by atoms with Crippen molar-refractivity contribution in [2.75, 3.05) is 6.61 Å². The van der Waals surface area contributed by atoms with Crippen LogP contribution in [0.5, 0.6) is 0 Å². The third kappa shape index (κ3) is 4.31. The summed E-state index contributed by atoms with van der Waals surface area (Å²) < 4.78 is 33.6. The number of ether oxygens (including phenoxy) is 1. The minimum Gasteiger partial charge on any atom is -0.477 e. The summed E-state index contributed by atoms with van der Waals surface area (Å²) in [5.74, 6) is -7.87. The number of guanidine groups is 1. The van der Waals surface area contributed by atoms with Crippen molar-refractivity contribution in [2.24, 2.45) is 16.5 Å². The number of carbonyl (C=O) groups excluding carboxylic acids is 1. The summed E-state index contributed by atoms with van der Waals surface area (Å²) in [5, 5.41) is 39.5. The van der Waals surface area contributed by atoms with E-state index in [-0.39, 0.29) is 0 Å². The standard InChI is InChI=1S/C12H20F2N4O7/c1-3(20)17-5-6(18-11(15)16)9(13)12(14,10(23)24)25-8(5)7(22)4(21)2-19/h4-9,19,21-22H,2H2,1H3,(H,17,20)(H,23,24)(H4,15,16,18)/t4-,5?,6?,7-,8?,9?,12?/m1/s1. The van der Waals surface area contributed by atoms with Crippen LogP contribution < -0.4 is 16.8 Å². The number of nitrogens with one attached hydrogen (secondary N) is 1. The fourth-order valence-electron chi connectivity index (χ4n) is 2.43. The topological polar surface area (TPSA) is 201 Å². The molecular formula is C12H20F2N4O7. The number of carbonyl (C=O) groups is 2. The zero-order valence-corrected chi connectivity index (χ0v) is 13.0. The number of nitrogens with two attached hydrogens (primary N) is 2. The number of carboxylic acid groups (broad SMARTS) is 1. The van der Waals surface area contributed by atoms with Gasteiger partial charge in [-0.1, -0.05) is 0 Å². The first-order valence-corrected chi connectivity index (χ1v) is 7.02. The van der Waals surface area contributed by atoms with Gasteiger partial charge in [-0.15, -0.1) is 0 Å². The van der Waals surface area contributed by atoms with Crippen molar-refractivity contribution in [1.29, 1.82) is 0 Å². The van der Waals surface area contributed by atoms with E-state index in [1.54, 1.807) is 0 Å². The van der Waals surface area contributed by atoms with Gasteiger partial charge in [-0.25, -0.2) is 14.2 Å². The second kappa shape index (κ2) is 7.86. The molecule has 1 saturated heterocycles. The van der Waals surface area contributed by atoms with E-state index in [2.05, 4.69) is 15.0 Å². The van der Waals surface area contributed by atoms with Crippen molar-refractivity contribution in [3.8, 4) is 0 Å². The van der Waals surface area contributed by atoms with Gasteiger partial charge >= 0.3 is 11.8 Å². The largest absolute Gasteiger partial charge is 0.477 e. The molecular weight excluding hydrogens is 350 g/mol. The minimum absolute atomic E-state index is 0.742. The number of alkyl halides is 2. The van der Waals surface area contributed by atoms with E-state index >= 15 is 0 Å². The minimum atomic E-state index is -3.97. The van der Waals surface area contributed by atoms with Gasteiger partial charge in [0, 0.05) is 6.92 Å². The zero-order chi connectivity index (χ0) is 19.5. The van der Waals surface area contributed by atoms with Crippen LogP contribution in [-0.2, 0) is 14.3 Å². The highest BCUT2D eigenvalue weighted by Gasteiger charge is 2.63. The van der Waals surface area contributed by atoms with E-state index in [1.807, 2.05) is 0 Å². The number of aliphatic hydroxyl groups is 3. The van der Waals surface area contributed by atoms with Gasteiger partial charge in [0.1, 0.15) is 24.4 Å². The lowest BCUT2D eigenvalue weighted by molar-refractivity contribution is -0.276. The number of carboxylic acids is 1. The molecule has 1 fully saturated rings. The number of hydrogen-bond acceptors (Lipinski definition) is 7. The SMILES string of the molecule is CC(=O)NC1C(N=C(N)N)C(F)C(F)(C(=O)O)OC1[C@H](O)[C@H](O)CO. The lowest BCUT2D eigenvalue weighted by atomic mass is 9.86. The quantitative estimate of drug-likeness (QED) is 0.182. The normalized spacial score (nSPS) is 34.6. The third-order valence-electron chi connectivity index (χ3n) is 3.56. The van der Waals surface area contributed by atoms with Crippen molar-refractivity contribution in [2.45, 2.75) is 49.3 Å². The summed E-state index contributed by atoms with van der Waals surface area (Å²) in [4.78, 5) is 25.9. The Balaban J connectivity index is 3.44. The molecule has 1 aliphatic heterocycles. The van der Waals surface area contributed by atoms with Crippen molar-refractivity contribution in [3.05, 3.63) is 0 Å². The molecule has 1 aliphatic rings. The van der Waals surface area contributed by atoms with Gasteiger partial charge in [0.25, 0.3) is 0 Å². The average Bonchev–Trinajstić information content (AvgIpc) is 2.51. The molecule has 7 atom stereocenters. The Labute approximate surface area is 140 Å². The number of aliphatic hydroxyl groups excluding tert-OH is 3. The van der Waals surface area contributed by atoms with E-state index in [0.717, 1.165) is 6.92 Å². The van der Waals surface area contributed by atoms with E-state index in [9.17, 15) is 28.6 Å². The first kappa shape index (κ1) is 21.0. The number of amides is 1. The van der Waals surface area contributed by atoms with Gasteiger partial charge in [0.2, 0.25) is 5.91 Å². The number of halogens is 2. The Bertz CT molecular complexity index is 548.